The molecule has 0 aromatic heterocycles. The zero-order valence-electron chi connectivity index (χ0n) is 18.3. The zero-order valence-corrected chi connectivity index (χ0v) is 21.1. The maximum absolute atomic E-state index is 11.0. The summed E-state index contributed by atoms with van der Waals surface area (Å²) in [4.78, 5) is 0. The van der Waals surface area contributed by atoms with Crippen LogP contribution in [0.3, 0.4) is 0 Å². The minimum absolute atomic E-state index is 0. The fourth-order valence-corrected chi connectivity index (χ4v) is 4.41. The third-order valence-electron chi connectivity index (χ3n) is 5.30. The molecule has 27 heavy (non-hydrogen) atoms. The Morgan fingerprint density at radius 1 is 0.704 bits per heavy atom. The average Bonchev–Trinajstić information content (AvgIpc) is 2.57. The molecule has 6 heteroatoms. The van der Waals surface area contributed by atoms with Crippen molar-refractivity contribution < 1.29 is 47.6 Å². The molecule has 1 N–H and O–H groups in total. The van der Waals surface area contributed by atoms with Gasteiger partial charge in [-0.2, -0.15) is 0 Å². The first kappa shape index (κ1) is 30.1. The summed E-state index contributed by atoms with van der Waals surface area (Å²) in [5, 5.41) is 8.98. The molecule has 0 fully saturated rings. The average molecular weight is 415 g/mol. The van der Waals surface area contributed by atoms with Crippen LogP contribution in [0.15, 0.2) is 0 Å². The first-order chi connectivity index (χ1) is 12.4. The quantitative estimate of drug-likeness (QED) is 0.200. The summed E-state index contributed by atoms with van der Waals surface area (Å²) in [6.45, 7) is 3.89. The normalized spacial score (nSPS) is 13.9. The van der Waals surface area contributed by atoms with Gasteiger partial charge in [0, 0.05) is 5.25 Å². The molecule has 0 rings (SSSR count). The Bertz CT molecular complexity index is 401. The van der Waals surface area contributed by atoms with Crippen LogP contribution < -0.4 is 29.6 Å². The number of hydrogen-bond donors (Lipinski definition) is 1. The van der Waals surface area contributed by atoms with Gasteiger partial charge in [0.1, 0.15) is 0 Å². The van der Waals surface area contributed by atoms with Gasteiger partial charge in [0.25, 0.3) is 0 Å². The number of hydrogen-bond acceptors (Lipinski definition) is 4. The van der Waals surface area contributed by atoms with Gasteiger partial charge in [-0.05, 0) is 25.7 Å². The Balaban J connectivity index is 0. The molecule has 0 aromatic rings. The Morgan fingerprint density at radius 2 is 1.07 bits per heavy atom. The molecule has 2 unspecified atom stereocenters. The topological polar surface area (TPSA) is 77.4 Å². The van der Waals surface area contributed by atoms with Gasteiger partial charge in [0.2, 0.25) is 0 Å². The molecule has 0 aliphatic rings. The predicted molar refractivity (Wildman–Crippen MR) is 109 cm³/mol. The maximum atomic E-state index is 11.0. The summed E-state index contributed by atoms with van der Waals surface area (Å²) in [5.41, 5.74) is 0. The van der Waals surface area contributed by atoms with Gasteiger partial charge in [0.15, 0.2) is 0 Å². The van der Waals surface area contributed by atoms with Crippen LogP contribution in [0.5, 0.6) is 0 Å². The second-order valence-electron chi connectivity index (χ2n) is 7.79. The molecule has 0 radical (unpaired) electrons. The molecule has 4 nitrogen and oxygen atoms in total. The third kappa shape index (κ3) is 19.9. The molecule has 0 aliphatic carbocycles. The van der Waals surface area contributed by atoms with Crippen LogP contribution in [0.25, 0.3) is 0 Å². The fraction of sp³-hybridized carbons (Fsp3) is 1.00. The van der Waals surface area contributed by atoms with Crippen molar-refractivity contribution in [2.24, 2.45) is 0 Å². The van der Waals surface area contributed by atoms with Crippen LogP contribution >= 0.6 is 0 Å². The standard InChI is InChI=1S/C21H44O4S.Na/c1-3-17-20(22)18-15-13-11-9-7-5-6-8-10-12-14-16-19-21(4-2)26(23,24)25;/h20-22H,3-19H2,1-2H3,(H,23,24,25);/q;+1/p-1. The summed E-state index contributed by atoms with van der Waals surface area (Å²) in [5.74, 6) is 0. The minimum atomic E-state index is -4.10. The molecule has 0 heterocycles. The van der Waals surface area contributed by atoms with Crippen molar-refractivity contribution in [1.82, 2.24) is 0 Å². The summed E-state index contributed by atoms with van der Waals surface area (Å²) in [6.07, 6.45) is 18.3. The van der Waals surface area contributed by atoms with Crippen molar-refractivity contribution in [2.45, 2.75) is 134 Å². The van der Waals surface area contributed by atoms with Crippen molar-refractivity contribution in [3.8, 4) is 0 Å². The van der Waals surface area contributed by atoms with Crippen molar-refractivity contribution in [2.75, 3.05) is 0 Å². The van der Waals surface area contributed by atoms with E-state index in [1.165, 1.54) is 51.4 Å². The Labute approximate surface area is 191 Å². The van der Waals surface area contributed by atoms with Gasteiger partial charge in [-0.25, -0.2) is 8.42 Å². The van der Waals surface area contributed by atoms with Crippen LogP contribution in [0.2, 0.25) is 0 Å². The Morgan fingerprint density at radius 3 is 1.41 bits per heavy atom. The second kappa shape index (κ2) is 20.2. The molecule has 0 bridgehead atoms. The maximum Gasteiger partial charge on any atom is 1.00 e. The van der Waals surface area contributed by atoms with Crippen molar-refractivity contribution in [3.63, 3.8) is 0 Å². The molecular weight excluding hydrogens is 371 g/mol. The van der Waals surface area contributed by atoms with E-state index in [0.717, 1.165) is 44.9 Å². The molecule has 0 aliphatic heterocycles. The van der Waals surface area contributed by atoms with Gasteiger partial charge in [0.05, 0.1) is 16.2 Å². The van der Waals surface area contributed by atoms with Crippen molar-refractivity contribution >= 4 is 10.1 Å². The molecule has 0 saturated heterocycles. The van der Waals surface area contributed by atoms with E-state index in [4.69, 9.17) is 0 Å². The van der Waals surface area contributed by atoms with Crippen LogP contribution in [0, 0.1) is 0 Å². The number of rotatable bonds is 19. The van der Waals surface area contributed by atoms with E-state index >= 15 is 0 Å². The molecular formula is C21H43NaO4S. The minimum Gasteiger partial charge on any atom is -0.748 e. The van der Waals surface area contributed by atoms with Gasteiger partial charge in [-0.1, -0.05) is 97.3 Å². The molecule has 0 aromatic carbocycles. The van der Waals surface area contributed by atoms with E-state index in [1.807, 2.05) is 0 Å². The van der Waals surface area contributed by atoms with E-state index in [0.29, 0.717) is 12.8 Å². The van der Waals surface area contributed by atoms with E-state index < -0.39 is 15.4 Å². The van der Waals surface area contributed by atoms with Crippen LogP contribution in [0.1, 0.15) is 123 Å². The van der Waals surface area contributed by atoms with E-state index in [-0.39, 0.29) is 35.7 Å². The van der Waals surface area contributed by atoms with Crippen molar-refractivity contribution in [3.05, 3.63) is 0 Å². The SMILES string of the molecule is CCCC(O)CCCCCCCCCCCCCCC(CC)S(=O)(=O)[O-].[Na+]. The third-order valence-corrected chi connectivity index (χ3v) is 6.68. The monoisotopic (exact) mass is 414 g/mol. The van der Waals surface area contributed by atoms with Gasteiger partial charge < -0.3 is 9.66 Å². The summed E-state index contributed by atoms with van der Waals surface area (Å²) >= 11 is 0. The fourth-order valence-electron chi connectivity index (χ4n) is 3.55. The molecule has 158 valence electrons. The molecule has 0 spiro atoms. The van der Waals surface area contributed by atoms with Crippen LogP contribution in [-0.2, 0) is 10.1 Å². The van der Waals surface area contributed by atoms with Crippen LogP contribution in [-0.4, -0.2) is 29.4 Å². The van der Waals surface area contributed by atoms with Gasteiger partial charge in [-0.3, -0.25) is 0 Å². The number of aliphatic hydroxyl groups is 1. The predicted octanol–water partition coefficient (Wildman–Crippen LogP) is 2.94. The Hall–Kier alpha value is 0.870. The number of aliphatic hydroxyl groups excluding tert-OH is 1. The first-order valence-electron chi connectivity index (χ1n) is 11.0. The van der Waals surface area contributed by atoms with Crippen molar-refractivity contribution in [1.29, 1.82) is 0 Å². The van der Waals surface area contributed by atoms with Gasteiger partial charge >= 0.3 is 29.6 Å². The smallest absolute Gasteiger partial charge is 0.748 e. The first-order valence-corrected chi connectivity index (χ1v) is 12.5. The van der Waals surface area contributed by atoms with E-state index in [9.17, 15) is 18.1 Å². The van der Waals surface area contributed by atoms with E-state index in [2.05, 4.69) is 6.92 Å². The molecule has 0 saturated carbocycles. The second-order valence-corrected chi connectivity index (χ2v) is 9.44. The van der Waals surface area contributed by atoms with Gasteiger partial charge in [-0.15, -0.1) is 0 Å². The Kier molecular flexibility index (Phi) is 22.4. The number of unbranched alkanes of at least 4 members (excludes halogenated alkanes) is 11. The zero-order chi connectivity index (χ0) is 19.7. The van der Waals surface area contributed by atoms with Crippen LogP contribution in [0.4, 0.5) is 0 Å². The summed E-state index contributed by atoms with van der Waals surface area (Å²) in [7, 11) is -4.10. The molecule has 2 atom stereocenters. The largest absolute Gasteiger partial charge is 1.00 e. The molecule has 0 amide bonds. The van der Waals surface area contributed by atoms with E-state index in [1.54, 1.807) is 6.92 Å². The summed E-state index contributed by atoms with van der Waals surface area (Å²) < 4.78 is 33.0. The summed E-state index contributed by atoms with van der Waals surface area (Å²) in [6, 6.07) is 0.